The smallest absolute Gasteiger partial charge is 0.328 e. The Bertz CT molecular complexity index is 1030. The molecule has 1 aromatic heterocycles. The van der Waals surface area contributed by atoms with Crippen LogP contribution >= 0.6 is 0 Å². The first-order chi connectivity index (χ1) is 12.4. The van der Waals surface area contributed by atoms with E-state index in [-0.39, 0.29) is 11.7 Å². The molecular weight excluding hydrogens is 332 g/mol. The molecule has 26 heavy (non-hydrogen) atoms. The van der Waals surface area contributed by atoms with E-state index in [9.17, 15) is 14.4 Å². The van der Waals surface area contributed by atoms with E-state index in [2.05, 4.69) is 10.6 Å². The van der Waals surface area contributed by atoms with Crippen molar-refractivity contribution in [3.05, 3.63) is 64.6 Å². The van der Waals surface area contributed by atoms with Gasteiger partial charge in [-0.1, -0.05) is 30.3 Å². The Morgan fingerprint density at radius 2 is 1.58 bits per heavy atom. The summed E-state index contributed by atoms with van der Waals surface area (Å²) < 4.78 is 3.01. The minimum absolute atomic E-state index is 0.155. The predicted octanol–water partition coefficient (Wildman–Crippen LogP) is 1.69. The molecule has 0 aliphatic heterocycles. The maximum absolute atomic E-state index is 12.2. The van der Waals surface area contributed by atoms with E-state index in [1.165, 1.54) is 9.13 Å². The topological polar surface area (TPSA) is 85.1 Å². The summed E-state index contributed by atoms with van der Waals surface area (Å²) in [5.74, 6) is -1.48. The van der Waals surface area contributed by atoms with Gasteiger partial charge in [-0.3, -0.25) is 18.7 Å². The zero-order chi connectivity index (χ0) is 18.8. The van der Waals surface area contributed by atoms with Gasteiger partial charge in [0.2, 0.25) is 0 Å². The number of carbonyl (C=O) groups is 2. The van der Waals surface area contributed by atoms with Crippen molar-refractivity contribution in [3.8, 4) is 0 Å². The fraction of sp³-hybridized carbons (Fsp3) is 0.211. The zero-order valence-electron chi connectivity index (χ0n) is 14.8. The molecule has 1 unspecified atom stereocenters. The van der Waals surface area contributed by atoms with Gasteiger partial charge in [0.05, 0.1) is 17.1 Å². The Morgan fingerprint density at radius 1 is 0.923 bits per heavy atom. The maximum atomic E-state index is 12.2. The molecule has 0 bridgehead atoms. The van der Waals surface area contributed by atoms with Gasteiger partial charge in [0, 0.05) is 19.8 Å². The molecule has 0 aliphatic rings. The molecule has 1 atom stereocenters. The SMILES string of the molecule is CC(NC(=O)C(=O)Nc1ccc2c(c1)n(C)c(=O)n2C)c1ccccc1. The van der Waals surface area contributed by atoms with Gasteiger partial charge >= 0.3 is 17.5 Å². The second-order valence-electron chi connectivity index (χ2n) is 6.16. The Hall–Kier alpha value is -3.35. The van der Waals surface area contributed by atoms with E-state index < -0.39 is 11.8 Å². The lowest BCUT2D eigenvalue weighted by atomic mass is 10.1. The summed E-state index contributed by atoms with van der Waals surface area (Å²) in [6, 6.07) is 14.2. The van der Waals surface area contributed by atoms with Crippen molar-refractivity contribution in [2.24, 2.45) is 14.1 Å². The molecule has 2 N–H and O–H groups in total. The zero-order valence-corrected chi connectivity index (χ0v) is 14.8. The molecule has 0 saturated heterocycles. The van der Waals surface area contributed by atoms with Crippen molar-refractivity contribution in [3.63, 3.8) is 0 Å². The quantitative estimate of drug-likeness (QED) is 0.704. The highest BCUT2D eigenvalue weighted by molar-refractivity contribution is 6.39. The fourth-order valence-electron chi connectivity index (χ4n) is 2.86. The van der Waals surface area contributed by atoms with Crippen LogP contribution in [0.15, 0.2) is 53.3 Å². The molecule has 0 aliphatic carbocycles. The van der Waals surface area contributed by atoms with Crippen LogP contribution < -0.4 is 16.3 Å². The van der Waals surface area contributed by atoms with Crippen LogP contribution in [0.25, 0.3) is 11.0 Å². The number of imidazole rings is 1. The molecule has 0 radical (unpaired) electrons. The van der Waals surface area contributed by atoms with Gasteiger partial charge in [0.25, 0.3) is 0 Å². The van der Waals surface area contributed by atoms with Crippen molar-refractivity contribution in [1.82, 2.24) is 14.5 Å². The van der Waals surface area contributed by atoms with Crippen LogP contribution in [0, 0.1) is 0 Å². The van der Waals surface area contributed by atoms with Crippen molar-refractivity contribution in [1.29, 1.82) is 0 Å². The summed E-state index contributed by atoms with van der Waals surface area (Å²) >= 11 is 0. The van der Waals surface area contributed by atoms with Gasteiger partial charge in [-0.25, -0.2) is 4.79 Å². The van der Waals surface area contributed by atoms with E-state index >= 15 is 0 Å². The first-order valence-electron chi connectivity index (χ1n) is 8.20. The Kier molecular flexibility index (Phi) is 4.62. The molecule has 3 rings (SSSR count). The van der Waals surface area contributed by atoms with Crippen LogP contribution in [0.3, 0.4) is 0 Å². The number of nitrogens with zero attached hydrogens (tertiary/aromatic N) is 2. The highest BCUT2D eigenvalue weighted by Crippen LogP contribution is 2.17. The fourth-order valence-corrected chi connectivity index (χ4v) is 2.86. The van der Waals surface area contributed by atoms with Crippen LogP contribution in [0.1, 0.15) is 18.5 Å². The van der Waals surface area contributed by atoms with Gasteiger partial charge in [0.1, 0.15) is 0 Å². The Morgan fingerprint density at radius 3 is 2.27 bits per heavy atom. The van der Waals surface area contributed by atoms with Gasteiger partial charge in [-0.15, -0.1) is 0 Å². The number of carbonyl (C=O) groups excluding carboxylic acids is 2. The van der Waals surface area contributed by atoms with Gasteiger partial charge in [0.15, 0.2) is 0 Å². The second kappa shape index (κ2) is 6.87. The lowest BCUT2D eigenvalue weighted by Gasteiger charge is -2.14. The third-order valence-corrected chi connectivity index (χ3v) is 4.38. The van der Waals surface area contributed by atoms with E-state index in [0.717, 1.165) is 11.1 Å². The standard InChI is InChI=1S/C19H20N4O3/c1-12(13-7-5-4-6-8-13)20-17(24)18(25)21-14-9-10-15-16(11-14)23(3)19(26)22(15)2/h4-12H,1-3H3,(H,20,24)(H,21,25). The van der Waals surface area contributed by atoms with E-state index in [4.69, 9.17) is 0 Å². The average molecular weight is 352 g/mol. The average Bonchev–Trinajstić information content (AvgIpc) is 2.86. The van der Waals surface area contributed by atoms with Gasteiger partial charge in [-0.05, 0) is 30.7 Å². The first-order valence-corrected chi connectivity index (χ1v) is 8.20. The van der Waals surface area contributed by atoms with Crippen LogP contribution in [0.4, 0.5) is 5.69 Å². The maximum Gasteiger partial charge on any atom is 0.328 e. The van der Waals surface area contributed by atoms with E-state index in [0.29, 0.717) is 11.2 Å². The molecule has 7 heteroatoms. The molecule has 2 aromatic carbocycles. The van der Waals surface area contributed by atoms with Crippen LogP contribution in [-0.4, -0.2) is 20.9 Å². The van der Waals surface area contributed by atoms with Crippen molar-refractivity contribution >= 4 is 28.5 Å². The lowest BCUT2D eigenvalue weighted by Crippen LogP contribution is -2.36. The van der Waals surface area contributed by atoms with Crippen LogP contribution in [0.5, 0.6) is 0 Å². The summed E-state index contributed by atoms with van der Waals surface area (Å²) in [5.41, 5.74) is 2.63. The number of hydrogen-bond donors (Lipinski definition) is 2. The highest BCUT2D eigenvalue weighted by Gasteiger charge is 2.18. The summed E-state index contributed by atoms with van der Waals surface area (Å²) in [4.78, 5) is 36.3. The number of anilines is 1. The molecule has 134 valence electrons. The molecule has 2 amide bonds. The number of rotatable bonds is 3. The second-order valence-corrected chi connectivity index (χ2v) is 6.16. The molecule has 0 spiro atoms. The normalized spacial score (nSPS) is 12.0. The number of aromatic nitrogens is 2. The molecule has 7 nitrogen and oxygen atoms in total. The van der Waals surface area contributed by atoms with Crippen LogP contribution in [-0.2, 0) is 23.7 Å². The number of hydrogen-bond acceptors (Lipinski definition) is 3. The summed E-state index contributed by atoms with van der Waals surface area (Å²) in [7, 11) is 3.34. The number of nitrogens with one attached hydrogen (secondary N) is 2. The number of fused-ring (bicyclic) bond motifs is 1. The summed E-state index contributed by atoms with van der Waals surface area (Å²) in [6.45, 7) is 1.81. The molecular formula is C19H20N4O3. The monoisotopic (exact) mass is 352 g/mol. The van der Waals surface area contributed by atoms with Crippen molar-refractivity contribution in [2.45, 2.75) is 13.0 Å². The number of aryl methyl sites for hydroxylation is 2. The Labute approximate surface area is 150 Å². The van der Waals surface area contributed by atoms with E-state index in [1.807, 2.05) is 37.3 Å². The minimum atomic E-state index is -0.756. The summed E-state index contributed by atoms with van der Waals surface area (Å²) in [5, 5.41) is 5.24. The Balaban J connectivity index is 1.73. The van der Waals surface area contributed by atoms with Gasteiger partial charge < -0.3 is 10.6 Å². The third kappa shape index (κ3) is 3.23. The highest BCUT2D eigenvalue weighted by atomic mass is 16.2. The molecule has 0 saturated carbocycles. The van der Waals surface area contributed by atoms with Crippen LogP contribution in [0.2, 0.25) is 0 Å². The predicted molar refractivity (Wildman–Crippen MR) is 99.8 cm³/mol. The number of amides is 2. The number of benzene rings is 2. The van der Waals surface area contributed by atoms with Crippen molar-refractivity contribution < 1.29 is 9.59 Å². The van der Waals surface area contributed by atoms with E-state index in [1.54, 1.807) is 32.3 Å². The minimum Gasteiger partial charge on any atom is -0.341 e. The molecule has 0 fully saturated rings. The largest absolute Gasteiger partial charge is 0.341 e. The molecule has 3 aromatic rings. The summed E-state index contributed by atoms with van der Waals surface area (Å²) in [6.07, 6.45) is 0. The first kappa shape index (κ1) is 17.5. The molecule has 1 heterocycles. The lowest BCUT2D eigenvalue weighted by molar-refractivity contribution is -0.136. The van der Waals surface area contributed by atoms with Gasteiger partial charge in [-0.2, -0.15) is 0 Å². The van der Waals surface area contributed by atoms with Crippen molar-refractivity contribution in [2.75, 3.05) is 5.32 Å². The third-order valence-electron chi connectivity index (χ3n) is 4.38.